The molecule has 0 amide bonds. The van der Waals surface area contributed by atoms with Crippen LogP contribution >= 0.6 is 0 Å². The van der Waals surface area contributed by atoms with Crippen LogP contribution in [0.2, 0.25) is 0 Å². The van der Waals surface area contributed by atoms with E-state index in [4.69, 9.17) is 33.2 Å². The number of rotatable bonds is 8. The van der Waals surface area contributed by atoms with Crippen LogP contribution in [0.1, 0.15) is 41.0 Å². The average Bonchev–Trinajstić information content (AvgIpc) is 3.10. The lowest BCUT2D eigenvalue weighted by Gasteiger charge is -2.33. The maximum atomic E-state index is 12.9. The second-order valence-electron chi connectivity index (χ2n) is 6.86. The summed E-state index contributed by atoms with van der Waals surface area (Å²) in [6.45, 7) is 6.43. The van der Waals surface area contributed by atoms with Crippen molar-refractivity contribution in [2.75, 3.05) is 13.2 Å². The Morgan fingerprint density at radius 3 is 1.90 bits per heavy atom. The number of carbonyl (C=O) groups is 5. The van der Waals surface area contributed by atoms with E-state index < -0.39 is 72.6 Å². The van der Waals surface area contributed by atoms with Gasteiger partial charge in [-0.15, -0.1) is 0 Å². The standard InChI is InChI=1S/C19H26O12/c1-6-25-12(23)8-19(18(24)26-7-2)16(28-10(4)21)14-13(31-19)15(27-9(3)20)17(30-14)29-11(5)22/h13-17H,6-8H2,1-5H3/t13-,14-,15-,16-,17-,19+/m1/s1. The number of esters is 5. The van der Waals surface area contributed by atoms with Crippen LogP contribution in [-0.2, 0) is 57.1 Å². The molecule has 12 nitrogen and oxygen atoms in total. The van der Waals surface area contributed by atoms with Crippen molar-refractivity contribution in [3.8, 4) is 0 Å². The molecule has 0 aliphatic carbocycles. The van der Waals surface area contributed by atoms with Crippen LogP contribution in [0.3, 0.4) is 0 Å². The molecule has 0 aromatic rings. The van der Waals surface area contributed by atoms with Gasteiger partial charge in [-0.25, -0.2) is 4.79 Å². The quantitative estimate of drug-likeness (QED) is 0.358. The Bertz CT molecular complexity index is 733. The van der Waals surface area contributed by atoms with Crippen LogP contribution in [0.25, 0.3) is 0 Å². The van der Waals surface area contributed by atoms with Gasteiger partial charge < -0.3 is 33.2 Å². The third-order valence-corrected chi connectivity index (χ3v) is 4.52. The molecule has 2 aliphatic rings. The predicted molar refractivity (Wildman–Crippen MR) is 97.0 cm³/mol. The summed E-state index contributed by atoms with van der Waals surface area (Å²) in [5, 5.41) is 0. The van der Waals surface area contributed by atoms with Gasteiger partial charge in [-0.3, -0.25) is 19.2 Å². The van der Waals surface area contributed by atoms with Gasteiger partial charge in [-0.2, -0.15) is 0 Å². The van der Waals surface area contributed by atoms with Crippen molar-refractivity contribution in [1.82, 2.24) is 0 Å². The molecule has 0 saturated carbocycles. The molecular weight excluding hydrogens is 420 g/mol. The Morgan fingerprint density at radius 2 is 1.39 bits per heavy atom. The van der Waals surface area contributed by atoms with E-state index in [0.29, 0.717) is 0 Å². The van der Waals surface area contributed by atoms with Crippen LogP contribution in [0, 0.1) is 0 Å². The number of hydrogen-bond acceptors (Lipinski definition) is 12. The van der Waals surface area contributed by atoms with Gasteiger partial charge in [0.25, 0.3) is 0 Å². The lowest BCUT2D eigenvalue weighted by atomic mass is 9.90. The average molecular weight is 446 g/mol. The molecule has 2 rings (SSSR count). The van der Waals surface area contributed by atoms with Crippen molar-refractivity contribution in [1.29, 1.82) is 0 Å². The zero-order valence-corrected chi connectivity index (χ0v) is 17.9. The van der Waals surface area contributed by atoms with Gasteiger partial charge >= 0.3 is 29.8 Å². The number of ether oxygens (including phenoxy) is 7. The van der Waals surface area contributed by atoms with Crippen LogP contribution in [-0.4, -0.2) is 79.4 Å². The second-order valence-corrected chi connectivity index (χ2v) is 6.86. The molecule has 0 aromatic heterocycles. The summed E-state index contributed by atoms with van der Waals surface area (Å²) >= 11 is 0. The van der Waals surface area contributed by atoms with Gasteiger partial charge in [-0.1, -0.05) is 0 Å². The van der Waals surface area contributed by atoms with E-state index in [1.807, 2.05) is 0 Å². The molecule has 0 radical (unpaired) electrons. The van der Waals surface area contributed by atoms with Gasteiger partial charge in [0.15, 0.2) is 12.2 Å². The van der Waals surface area contributed by atoms with Crippen molar-refractivity contribution in [2.45, 2.75) is 77.3 Å². The van der Waals surface area contributed by atoms with E-state index in [2.05, 4.69) is 0 Å². The Labute approximate surface area is 178 Å². The van der Waals surface area contributed by atoms with Crippen LogP contribution in [0.15, 0.2) is 0 Å². The van der Waals surface area contributed by atoms with E-state index in [1.165, 1.54) is 0 Å². The SMILES string of the molecule is CCOC(=O)C[C@]1(C(=O)OCC)O[C@@H]2[C@@H](O[C@@H](OC(C)=O)[C@@H]2OC(C)=O)[C@H]1OC(C)=O. The van der Waals surface area contributed by atoms with Crippen LogP contribution in [0.4, 0.5) is 0 Å². The number of carbonyl (C=O) groups excluding carboxylic acids is 5. The first-order valence-corrected chi connectivity index (χ1v) is 9.73. The number of hydrogen-bond donors (Lipinski definition) is 0. The van der Waals surface area contributed by atoms with Crippen LogP contribution in [0.5, 0.6) is 0 Å². The third-order valence-electron chi connectivity index (χ3n) is 4.52. The van der Waals surface area contributed by atoms with Crippen molar-refractivity contribution in [2.24, 2.45) is 0 Å². The Balaban J connectivity index is 2.50. The lowest BCUT2D eigenvalue weighted by molar-refractivity contribution is -0.224. The summed E-state index contributed by atoms with van der Waals surface area (Å²) in [6.07, 6.45) is -7.22. The molecular formula is C19H26O12. The summed E-state index contributed by atoms with van der Waals surface area (Å²) in [5.74, 6) is -4.06. The zero-order valence-electron chi connectivity index (χ0n) is 17.9. The molecule has 174 valence electrons. The minimum absolute atomic E-state index is 0.0317. The minimum atomic E-state index is -2.12. The summed E-state index contributed by atoms with van der Waals surface area (Å²) in [7, 11) is 0. The van der Waals surface area contributed by atoms with Crippen LogP contribution < -0.4 is 0 Å². The van der Waals surface area contributed by atoms with Gasteiger partial charge in [0, 0.05) is 20.8 Å². The highest BCUT2D eigenvalue weighted by molar-refractivity contribution is 5.88. The normalized spacial score (nSPS) is 31.3. The molecule has 0 bridgehead atoms. The monoisotopic (exact) mass is 446 g/mol. The first-order valence-electron chi connectivity index (χ1n) is 9.73. The molecule has 2 aliphatic heterocycles. The van der Waals surface area contributed by atoms with Gasteiger partial charge in [0.05, 0.1) is 19.6 Å². The van der Waals surface area contributed by atoms with Crippen molar-refractivity contribution in [3.05, 3.63) is 0 Å². The molecule has 2 heterocycles. The van der Waals surface area contributed by atoms with E-state index >= 15 is 0 Å². The molecule has 0 aromatic carbocycles. The highest BCUT2D eigenvalue weighted by atomic mass is 16.8. The predicted octanol–water partition coefficient (Wildman–Crippen LogP) is -0.208. The smallest absolute Gasteiger partial charge is 0.343 e. The molecule has 0 N–H and O–H groups in total. The van der Waals surface area contributed by atoms with Crippen molar-refractivity contribution >= 4 is 29.8 Å². The van der Waals surface area contributed by atoms with Gasteiger partial charge in [-0.05, 0) is 13.8 Å². The summed E-state index contributed by atoms with van der Waals surface area (Å²) in [6, 6.07) is 0. The van der Waals surface area contributed by atoms with E-state index in [0.717, 1.165) is 20.8 Å². The molecule has 31 heavy (non-hydrogen) atoms. The number of fused-ring (bicyclic) bond motifs is 1. The first-order chi connectivity index (χ1) is 14.5. The van der Waals surface area contributed by atoms with E-state index in [9.17, 15) is 24.0 Å². The largest absolute Gasteiger partial charge is 0.466 e. The van der Waals surface area contributed by atoms with Crippen molar-refractivity contribution in [3.63, 3.8) is 0 Å². The highest BCUT2D eigenvalue weighted by Crippen LogP contribution is 2.46. The molecule has 12 heteroatoms. The maximum absolute atomic E-state index is 12.9. The Morgan fingerprint density at radius 1 is 0.806 bits per heavy atom. The van der Waals surface area contributed by atoms with E-state index in [-0.39, 0.29) is 13.2 Å². The minimum Gasteiger partial charge on any atom is -0.466 e. The summed E-state index contributed by atoms with van der Waals surface area (Å²) in [4.78, 5) is 60.1. The van der Waals surface area contributed by atoms with Gasteiger partial charge in [0.1, 0.15) is 12.2 Å². The molecule has 2 fully saturated rings. The zero-order chi connectivity index (χ0) is 23.3. The summed E-state index contributed by atoms with van der Waals surface area (Å²) < 4.78 is 37.1. The van der Waals surface area contributed by atoms with E-state index in [1.54, 1.807) is 13.8 Å². The molecule has 6 atom stereocenters. The molecule has 0 unspecified atom stereocenters. The fourth-order valence-electron chi connectivity index (χ4n) is 3.58. The van der Waals surface area contributed by atoms with Gasteiger partial charge in [0.2, 0.25) is 11.9 Å². The lowest BCUT2D eigenvalue weighted by Crippen LogP contribution is -2.55. The first kappa shape index (κ1) is 24.5. The molecule has 2 saturated heterocycles. The Kier molecular flexibility index (Phi) is 7.96. The topological polar surface area (TPSA) is 150 Å². The Hall–Kier alpha value is -2.73. The summed E-state index contributed by atoms with van der Waals surface area (Å²) in [5.41, 5.74) is -2.12. The highest BCUT2D eigenvalue weighted by Gasteiger charge is 2.70. The molecule has 0 spiro atoms. The third kappa shape index (κ3) is 5.31. The maximum Gasteiger partial charge on any atom is 0.343 e. The fraction of sp³-hybridized carbons (Fsp3) is 0.737. The fourth-order valence-corrected chi connectivity index (χ4v) is 3.58. The second kappa shape index (κ2) is 10.1. The van der Waals surface area contributed by atoms with Crippen molar-refractivity contribution < 1.29 is 57.1 Å².